The lowest BCUT2D eigenvalue weighted by Gasteiger charge is -2.11. The molecule has 0 nitrogen and oxygen atoms in total. The number of hydrogen-bond acceptors (Lipinski definition) is 1. The molecule has 1 heteroatoms. The van der Waals surface area contributed by atoms with Gasteiger partial charge in [-0.1, -0.05) is 127 Å². The summed E-state index contributed by atoms with van der Waals surface area (Å²) < 4.78 is 2.71. The summed E-state index contributed by atoms with van der Waals surface area (Å²) in [5, 5.41) is 8.00. The average Bonchev–Trinajstić information content (AvgIpc) is 3.41. The van der Waals surface area contributed by atoms with Crippen LogP contribution in [0.15, 0.2) is 146 Å². The lowest BCUT2D eigenvalue weighted by Crippen LogP contribution is -1.84. The van der Waals surface area contributed by atoms with Crippen molar-refractivity contribution in [3.8, 4) is 33.4 Å². The van der Waals surface area contributed by atoms with Crippen molar-refractivity contribution >= 4 is 53.1 Å². The molecule has 1 aromatic heterocycles. The maximum Gasteiger partial charge on any atom is 0.0440 e. The molecule has 39 heavy (non-hydrogen) atoms. The predicted octanol–water partition coefficient (Wildman–Crippen LogP) is 11.4. The fraction of sp³-hybridized carbons (Fsp3) is 0. The van der Waals surface area contributed by atoms with Crippen LogP contribution >= 0.6 is 11.3 Å². The third-order valence-electron chi connectivity index (χ3n) is 7.85. The van der Waals surface area contributed by atoms with E-state index in [1.165, 1.54) is 75.1 Å². The summed E-state index contributed by atoms with van der Waals surface area (Å²) in [5.74, 6) is 0. The van der Waals surface area contributed by atoms with Crippen LogP contribution in [-0.2, 0) is 0 Å². The largest absolute Gasteiger partial charge is 0.134 e. The molecule has 8 rings (SSSR count). The Morgan fingerprint density at radius 1 is 0.308 bits per heavy atom. The second kappa shape index (κ2) is 8.94. The zero-order valence-electron chi connectivity index (χ0n) is 21.3. The summed E-state index contributed by atoms with van der Waals surface area (Å²) in [7, 11) is 0. The minimum Gasteiger partial charge on any atom is -0.134 e. The fourth-order valence-corrected chi connectivity index (χ4v) is 7.25. The van der Waals surface area contributed by atoms with Crippen LogP contribution in [0.25, 0.3) is 75.1 Å². The lowest BCUT2D eigenvalue weighted by atomic mass is 9.93. The summed E-state index contributed by atoms with van der Waals surface area (Å²) in [4.78, 5) is 0. The lowest BCUT2D eigenvalue weighted by molar-refractivity contribution is 1.60. The first-order valence-electron chi connectivity index (χ1n) is 13.4. The van der Waals surface area contributed by atoms with Gasteiger partial charge in [0.05, 0.1) is 0 Å². The molecular weight excluding hydrogens is 488 g/mol. The van der Waals surface area contributed by atoms with E-state index in [9.17, 15) is 0 Å². The smallest absolute Gasteiger partial charge is 0.0440 e. The maximum absolute atomic E-state index is 2.39. The predicted molar refractivity (Wildman–Crippen MR) is 171 cm³/mol. The zero-order chi connectivity index (χ0) is 25.8. The third kappa shape index (κ3) is 3.66. The molecule has 0 spiro atoms. The van der Waals surface area contributed by atoms with Gasteiger partial charge < -0.3 is 0 Å². The normalized spacial score (nSPS) is 11.6. The highest BCUT2D eigenvalue weighted by atomic mass is 32.1. The van der Waals surface area contributed by atoms with E-state index in [0.717, 1.165) is 0 Å². The summed E-state index contributed by atoms with van der Waals surface area (Å²) in [5.41, 5.74) is 7.50. The number of fused-ring (bicyclic) bond motifs is 8. The summed E-state index contributed by atoms with van der Waals surface area (Å²) in [6, 6.07) is 53.0. The molecule has 0 unspecified atom stereocenters. The van der Waals surface area contributed by atoms with Crippen LogP contribution in [0, 0.1) is 0 Å². The molecule has 0 atom stereocenters. The molecule has 0 radical (unpaired) electrons. The second-order valence-electron chi connectivity index (χ2n) is 10.1. The molecule has 1 heterocycles. The van der Waals surface area contributed by atoms with Crippen molar-refractivity contribution in [3.05, 3.63) is 146 Å². The highest BCUT2D eigenvalue weighted by molar-refractivity contribution is 7.27. The molecule has 0 saturated carbocycles. The minimum absolute atomic E-state index is 1.24. The Bertz CT molecular complexity index is 2150. The summed E-state index contributed by atoms with van der Waals surface area (Å²) in [6.07, 6.45) is 0. The van der Waals surface area contributed by atoms with E-state index in [4.69, 9.17) is 0 Å². The SMILES string of the molecule is c1ccc(-c2cccc(-c3ccc4c(c3)c3ccccc3c3c5ccc(-c6ccccc6)cc5sc43)c2)cc1. The van der Waals surface area contributed by atoms with Gasteiger partial charge in [-0.15, -0.1) is 11.3 Å². The van der Waals surface area contributed by atoms with Crippen LogP contribution in [0.5, 0.6) is 0 Å². The van der Waals surface area contributed by atoms with Gasteiger partial charge in [-0.3, -0.25) is 0 Å². The quantitative estimate of drug-likeness (QED) is 0.207. The number of hydrogen-bond donors (Lipinski definition) is 0. The minimum atomic E-state index is 1.24. The highest BCUT2D eigenvalue weighted by Gasteiger charge is 2.15. The van der Waals surface area contributed by atoms with Crippen LogP contribution in [-0.4, -0.2) is 0 Å². The molecule has 0 amide bonds. The van der Waals surface area contributed by atoms with Crippen LogP contribution in [0.1, 0.15) is 0 Å². The molecule has 8 aromatic rings. The van der Waals surface area contributed by atoms with Gasteiger partial charge in [0, 0.05) is 25.6 Å². The van der Waals surface area contributed by atoms with E-state index in [1.54, 1.807) is 0 Å². The topological polar surface area (TPSA) is 0 Å². The maximum atomic E-state index is 2.39. The van der Waals surface area contributed by atoms with E-state index in [1.807, 2.05) is 11.3 Å². The molecule has 0 N–H and O–H groups in total. The van der Waals surface area contributed by atoms with Gasteiger partial charge >= 0.3 is 0 Å². The van der Waals surface area contributed by atoms with Gasteiger partial charge in [-0.2, -0.15) is 0 Å². The molecule has 7 aromatic carbocycles. The summed E-state index contributed by atoms with van der Waals surface area (Å²) >= 11 is 1.92. The van der Waals surface area contributed by atoms with Crippen molar-refractivity contribution in [2.75, 3.05) is 0 Å². The monoisotopic (exact) mass is 512 g/mol. The van der Waals surface area contributed by atoms with Crippen LogP contribution in [0.3, 0.4) is 0 Å². The van der Waals surface area contributed by atoms with Crippen molar-refractivity contribution in [3.63, 3.8) is 0 Å². The van der Waals surface area contributed by atoms with Crippen molar-refractivity contribution in [1.82, 2.24) is 0 Å². The van der Waals surface area contributed by atoms with E-state index in [0.29, 0.717) is 0 Å². The molecule has 0 aliphatic heterocycles. The van der Waals surface area contributed by atoms with E-state index < -0.39 is 0 Å². The first-order chi connectivity index (χ1) is 19.3. The molecule has 0 saturated heterocycles. The number of thiophene rings is 1. The Kier molecular flexibility index (Phi) is 5.11. The Balaban J connectivity index is 1.36. The third-order valence-corrected chi connectivity index (χ3v) is 9.04. The van der Waals surface area contributed by atoms with E-state index >= 15 is 0 Å². The van der Waals surface area contributed by atoms with Crippen LogP contribution in [0.2, 0.25) is 0 Å². The van der Waals surface area contributed by atoms with Gasteiger partial charge in [-0.05, 0) is 67.7 Å². The molecule has 0 fully saturated rings. The fourth-order valence-electron chi connectivity index (χ4n) is 5.95. The van der Waals surface area contributed by atoms with Gasteiger partial charge in [-0.25, -0.2) is 0 Å². The van der Waals surface area contributed by atoms with Crippen LogP contribution < -0.4 is 0 Å². The molecule has 0 bridgehead atoms. The van der Waals surface area contributed by atoms with E-state index in [2.05, 4.69) is 146 Å². The van der Waals surface area contributed by atoms with Crippen molar-refractivity contribution in [1.29, 1.82) is 0 Å². The Morgan fingerprint density at radius 2 is 0.846 bits per heavy atom. The Labute approximate surface area is 231 Å². The molecule has 0 aliphatic rings. The van der Waals surface area contributed by atoms with Crippen molar-refractivity contribution in [2.45, 2.75) is 0 Å². The number of rotatable bonds is 3. The van der Waals surface area contributed by atoms with Gasteiger partial charge in [0.1, 0.15) is 0 Å². The van der Waals surface area contributed by atoms with E-state index in [-0.39, 0.29) is 0 Å². The van der Waals surface area contributed by atoms with Crippen LogP contribution in [0.4, 0.5) is 0 Å². The number of benzene rings is 7. The first-order valence-corrected chi connectivity index (χ1v) is 14.2. The Morgan fingerprint density at radius 3 is 1.56 bits per heavy atom. The van der Waals surface area contributed by atoms with Crippen molar-refractivity contribution < 1.29 is 0 Å². The van der Waals surface area contributed by atoms with Gasteiger partial charge in [0.25, 0.3) is 0 Å². The first kappa shape index (κ1) is 22.3. The summed E-state index contributed by atoms with van der Waals surface area (Å²) in [6.45, 7) is 0. The average molecular weight is 513 g/mol. The molecular formula is C38H24S. The zero-order valence-corrected chi connectivity index (χ0v) is 22.1. The van der Waals surface area contributed by atoms with Crippen molar-refractivity contribution in [2.24, 2.45) is 0 Å². The molecule has 0 aliphatic carbocycles. The standard InChI is InChI=1S/C38H24S/c1-3-10-25(11-4-1)27-14-9-15-28(22-27)29-18-20-33-35(23-29)31-16-7-8-17-32(31)37-34-21-19-30(24-36(34)39-38(33)37)26-12-5-2-6-13-26/h1-24H. The van der Waals surface area contributed by atoms with Gasteiger partial charge in [0.2, 0.25) is 0 Å². The Hall–Kier alpha value is -4.72. The second-order valence-corrected chi connectivity index (χ2v) is 11.2. The van der Waals surface area contributed by atoms with Gasteiger partial charge in [0.15, 0.2) is 0 Å². The molecule has 182 valence electrons. The highest BCUT2D eigenvalue weighted by Crippen LogP contribution is 2.45.